The van der Waals surface area contributed by atoms with Crippen molar-refractivity contribution in [2.45, 2.75) is 4.90 Å². The predicted molar refractivity (Wildman–Crippen MR) is 78.5 cm³/mol. The molecule has 0 spiro atoms. The monoisotopic (exact) mass is 346 g/mol. The van der Waals surface area contributed by atoms with E-state index in [1.54, 1.807) is 0 Å². The summed E-state index contributed by atoms with van der Waals surface area (Å²) < 4.78 is 26.5. The van der Waals surface area contributed by atoms with Crippen LogP contribution in [0.1, 0.15) is 10.4 Å². The Balaban J connectivity index is 2.28. The number of carboxylic acids is 1. The van der Waals surface area contributed by atoms with Gasteiger partial charge >= 0.3 is 5.97 Å². The number of pyridine rings is 1. The lowest BCUT2D eigenvalue weighted by atomic mass is 10.2. The van der Waals surface area contributed by atoms with Crippen LogP contribution < -0.4 is 4.72 Å². The van der Waals surface area contributed by atoms with E-state index in [9.17, 15) is 13.2 Å². The number of sulfonamides is 1. The van der Waals surface area contributed by atoms with Gasteiger partial charge in [-0.25, -0.2) is 18.2 Å². The van der Waals surface area contributed by atoms with Gasteiger partial charge in [-0.1, -0.05) is 23.2 Å². The Bertz CT molecular complexity index is 791. The number of rotatable bonds is 4. The van der Waals surface area contributed by atoms with E-state index in [-0.39, 0.29) is 26.3 Å². The highest BCUT2D eigenvalue weighted by Crippen LogP contribution is 2.23. The predicted octanol–water partition coefficient (Wildman–Crippen LogP) is 2.89. The van der Waals surface area contributed by atoms with Gasteiger partial charge in [0.05, 0.1) is 10.6 Å². The van der Waals surface area contributed by atoms with Gasteiger partial charge in [0.25, 0.3) is 10.0 Å². The number of aromatic carboxylic acids is 1. The molecule has 0 saturated carbocycles. The summed E-state index contributed by atoms with van der Waals surface area (Å²) in [6, 6.07) is 6.42. The van der Waals surface area contributed by atoms with Crippen molar-refractivity contribution in [2.75, 3.05) is 4.72 Å². The maximum Gasteiger partial charge on any atom is 0.335 e. The summed E-state index contributed by atoms with van der Waals surface area (Å²) in [5, 5.41) is 8.78. The number of anilines is 1. The molecule has 0 aliphatic carbocycles. The summed E-state index contributed by atoms with van der Waals surface area (Å²) in [6.45, 7) is 0. The molecule has 9 heteroatoms. The third-order valence-corrected chi connectivity index (χ3v) is 4.50. The maximum atomic E-state index is 12.1. The molecule has 0 radical (unpaired) electrons. The van der Waals surface area contributed by atoms with E-state index < -0.39 is 16.0 Å². The molecule has 0 atom stereocenters. The van der Waals surface area contributed by atoms with Gasteiger partial charge in [-0.2, -0.15) is 0 Å². The number of carboxylic acid groups (broad SMARTS) is 1. The Morgan fingerprint density at radius 1 is 1.19 bits per heavy atom. The zero-order valence-corrected chi connectivity index (χ0v) is 12.6. The standard InChI is InChI=1S/C12H8Cl2N2O4S/c13-10-5-9(6-15-11(10)14)21(19,20)16-8-3-1-7(2-4-8)12(17)18/h1-6,16H,(H,17,18). The van der Waals surface area contributed by atoms with E-state index in [1.165, 1.54) is 30.3 Å². The Kier molecular flexibility index (Phi) is 4.36. The van der Waals surface area contributed by atoms with Crippen molar-refractivity contribution in [1.29, 1.82) is 0 Å². The number of carbonyl (C=O) groups is 1. The largest absolute Gasteiger partial charge is 0.478 e. The minimum atomic E-state index is -3.89. The molecule has 2 aromatic rings. The van der Waals surface area contributed by atoms with Crippen LogP contribution in [0.15, 0.2) is 41.4 Å². The number of halogens is 2. The van der Waals surface area contributed by atoms with E-state index >= 15 is 0 Å². The van der Waals surface area contributed by atoms with Gasteiger partial charge in [-0.05, 0) is 30.3 Å². The molecule has 0 aliphatic rings. The van der Waals surface area contributed by atoms with Crippen molar-refractivity contribution in [3.63, 3.8) is 0 Å². The molecule has 1 aromatic carbocycles. The molecule has 0 amide bonds. The van der Waals surface area contributed by atoms with Crippen LogP contribution in [-0.4, -0.2) is 24.5 Å². The molecule has 0 aliphatic heterocycles. The van der Waals surface area contributed by atoms with Crippen LogP contribution in [0.25, 0.3) is 0 Å². The first-order valence-electron chi connectivity index (χ1n) is 5.47. The Morgan fingerprint density at radius 3 is 2.33 bits per heavy atom. The van der Waals surface area contributed by atoms with Gasteiger partial charge in [-0.3, -0.25) is 4.72 Å². The zero-order valence-electron chi connectivity index (χ0n) is 10.2. The smallest absolute Gasteiger partial charge is 0.335 e. The van der Waals surface area contributed by atoms with E-state index in [1.807, 2.05) is 0 Å². The fourth-order valence-electron chi connectivity index (χ4n) is 1.45. The van der Waals surface area contributed by atoms with Crippen molar-refractivity contribution < 1.29 is 18.3 Å². The fourth-order valence-corrected chi connectivity index (χ4v) is 2.81. The fraction of sp³-hybridized carbons (Fsp3) is 0. The van der Waals surface area contributed by atoms with Crippen molar-refractivity contribution in [3.8, 4) is 0 Å². The first-order chi connectivity index (χ1) is 9.79. The van der Waals surface area contributed by atoms with E-state index in [4.69, 9.17) is 28.3 Å². The average Bonchev–Trinajstić information content (AvgIpc) is 2.42. The molecule has 0 unspecified atom stereocenters. The van der Waals surface area contributed by atoms with Crippen molar-refractivity contribution >= 4 is 44.9 Å². The summed E-state index contributed by atoms with van der Waals surface area (Å²) in [5.74, 6) is -1.10. The summed E-state index contributed by atoms with van der Waals surface area (Å²) in [6.07, 6.45) is 1.07. The van der Waals surface area contributed by atoms with Crippen LogP contribution in [0.3, 0.4) is 0 Å². The molecule has 0 bridgehead atoms. The van der Waals surface area contributed by atoms with E-state index in [0.717, 1.165) is 6.20 Å². The van der Waals surface area contributed by atoms with Gasteiger partial charge in [-0.15, -0.1) is 0 Å². The summed E-state index contributed by atoms with van der Waals surface area (Å²) in [4.78, 5) is 14.2. The highest BCUT2D eigenvalue weighted by molar-refractivity contribution is 7.92. The number of nitrogens with zero attached hydrogens (tertiary/aromatic N) is 1. The van der Waals surface area contributed by atoms with Crippen molar-refractivity contribution in [1.82, 2.24) is 4.98 Å². The molecule has 21 heavy (non-hydrogen) atoms. The maximum absolute atomic E-state index is 12.1. The van der Waals surface area contributed by atoms with Crippen LogP contribution in [0.5, 0.6) is 0 Å². The molecule has 2 rings (SSSR count). The van der Waals surface area contributed by atoms with Crippen LogP contribution in [0.2, 0.25) is 10.2 Å². The molecule has 6 nitrogen and oxygen atoms in total. The highest BCUT2D eigenvalue weighted by atomic mass is 35.5. The molecule has 1 aromatic heterocycles. The lowest BCUT2D eigenvalue weighted by Crippen LogP contribution is -2.13. The lowest BCUT2D eigenvalue weighted by Gasteiger charge is -2.08. The number of nitrogens with one attached hydrogen (secondary N) is 1. The van der Waals surface area contributed by atoms with Gasteiger partial charge < -0.3 is 5.11 Å². The summed E-state index contributed by atoms with van der Waals surface area (Å²) in [7, 11) is -3.89. The Labute approximate surface area is 130 Å². The van der Waals surface area contributed by atoms with Crippen molar-refractivity contribution in [2.24, 2.45) is 0 Å². The Morgan fingerprint density at radius 2 is 1.81 bits per heavy atom. The third-order valence-electron chi connectivity index (χ3n) is 2.47. The van der Waals surface area contributed by atoms with Crippen LogP contribution >= 0.6 is 23.2 Å². The lowest BCUT2D eigenvalue weighted by molar-refractivity contribution is 0.0697. The number of hydrogen-bond acceptors (Lipinski definition) is 4. The normalized spacial score (nSPS) is 11.1. The van der Waals surface area contributed by atoms with E-state index in [2.05, 4.69) is 9.71 Å². The topological polar surface area (TPSA) is 96.4 Å². The molecule has 1 heterocycles. The summed E-state index contributed by atoms with van der Waals surface area (Å²) >= 11 is 11.4. The molecule has 110 valence electrons. The van der Waals surface area contributed by atoms with Gasteiger partial charge in [0.1, 0.15) is 10.0 Å². The second-order valence-corrected chi connectivity index (χ2v) is 6.38. The third kappa shape index (κ3) is 3.63. The van der Waals surface area contributed by atoms with Crippen LogP contribution in [0, 0.1) is 0 Å². The van der Waals surface area contributed by atoms with Crippen LogP contribution in [0.4, 0.5) is 5.69 Å². The second-order valence-electron chi connectivity index (χ2n) is 3.93. The summed E-state index contributed by atoms with van der Waals surface area (Å²) in [5.41, 5.74) is 0.264. The quantitative estimate of drug-likeness (QED) is 0.829. The molecular weight excluding hydrogens is 339 g/mol. The molecule has 2 N–H and O–H groups in total. The minimum absolute atomic E-state index is 0.00132. The average molecular weight is 347 g/mol. The van der Waals surface area contributed by atoms with E-state index in [0.29, 0.717) is 0 Å². The van der Waals surface area contributed by atoms with Gasteiger partial charge in [0.2, 0.25) is 0 Å². The zero-order chi connectivity index (χ0) is 15.6. The molecular formula is C12H8Cl2N2O4S. The number of benzene rings is 1. The number of hydrogen-bond donors (Lipinski definition) is 2. The first kappa shape index (κ1) is 15.6. The minimum Gasteiger partial charge on any atom is -0.478 e. The molecule has 0 fully saturated rings. The van der Waals surface area contributed by atoms with Gasteiger partial charge in [0.15, 0.2) is 0 Å². The number of aromatic nitrogens is 1. The Hall–Kier alpha value is -1.83. The SMILES string of the molecule is O=C(O)c1ccc(NS(=O)(=O)c2cnc(Cl)c(Cl)c2)cc1. The second kappa shape index (κ2) is 5.88. The first-order valence-corrected chi connectivity index (χ1v) is 7.71. The van der Waals surface area contributed by atoms with Gasteiger partial charge in [0, 0.05) is 11.9 Å². The highest BCUT2D eigenvalue weighted by Gasteiger charge is 2.16. The van der Waals surface area contributed by atoms with Crippen LogP contribution in [-0.2, 0) is 10.0 Å². The molecule has 0 saturated heterocycles. The van der Waals surface area contributed by atoms with Crippen molar-refractivity contribution in [3.05, 3.63) is 52.3 Å².